The third kappa shape index (κ3) is 5.33. The number of hydrogen-bond acceptors (Lipinski definition) is 5. The number of carbonyl (C=O) groups excluding carboxylic acids is 1. The van der Waals surface area contributed by atoms with Gasteiger partial charge in [-0.2, -0.15) is 13.2 Å². The van der Waals surface area contributed by atoms with Crippen LogP contribution < -0.4 is 0 Å². The van der Waals surface area contributed by atoms with Gasteiger partial charge in [0, 0.05) is 27.7 Å². The number of rotatable bonds is 6. The van der Waals surface area contributed by atoms with Gasteiger partial charge in [-0.15, -0.1) is 11.8 Å². The second kappa shape index (κ2) is 10.6. The molecule has 0 amide bonds. The molecule has 39 heavy (non-hydrogen) atoms. The Hall–Kier alpha value is -2.85. The maximum atomic E-state index is 13.8. The summed E-state index contributed by atoms with van der Waals surface area (Å²) in [6.07, 6.45) is -0.781. The van der Waals surface area contributed by atoms with Crippen molar-refractivity contribution in [3.8, 4) is 5.69 Å². The molecule has 1 aliphatic carbocycles. The molecule has 1 spiro atoms. The van der Waals surface area contributed by atoms with E-state index in [-0.39, 0.29) is 28.9 Å². The van der Waals surface area contributed by atoms with Crippen molar-refractivity contribution in [1.29, 1.82) is 0 Å². The highest BCUT2D eigenvalue weighted by molar-refractivity contribution is 8.00. The molecule has 1 aromatic heterocycles. The monoisotopic (exact) mass is 562 g/mol. The lowest BCUT2D eigenvalue weighted by Gasteiger charge is -2.33. The summed E-state index contributed by atoms with van der Waals surface area (Å²) in [6.45, 7) is 4.49. The van der Waals surface area contributed by atoms with Gasteiger partial charge >= 0.3 is 12.1 Å². The first-order valence-corrected chi connectivity index (χ1v) is 13.8. The Morgan fingerprint density at radius 2 is 1.95 bits per heavy atom. The molecule has 1 saturated carbocycles. The Balaban J connectivity index is 1.54. The molecule has 208 valence electrons. The van der Waals surface area contributed by atoms with Crippen molar-refractivity contribution in [3.05, 3.63) is 77.6 Å². The fourth-order valence-electron chi connectivity index (χ4n) is 6.17. The smallest absolute Gasteiger partial charge is 0.433 e. The number of halogens is 4. The topological polar surface area (TPSA) is 53.4 Å². The van der Waals surface area contributed by atoms with Crippen LogP contribution in [0.2, 0.25) is 0 Å². The Morgan fingerprint density at radius 1 is 1.21 bits per heavy atom. The number of thioether (sulfide) groups is 1. The first-order valence-electron chi connectivity index (χ1n) is 12.9. The number of nitrogens with zero attached hydrogens (tertiary/aromatic N) is 2. The fourth-order valence-corrected chi connectivity index (χ4v) is 7.18. The first kappa shape index (κ1) is 27.7. The molecule has 1 saturated heterocycles. The van der Waals surface area contributed by atoms with Gasteiger partial charge in [0.2, 0.25) is 0 Å². The molecule has 2 aliphatic rings. The van der Waals surface area contributed by atoms with Gasteiger partial charge in [-0.3, -0.25) is 9.36 Å². The Kier molecular flexibility index (Phi) is 7.54. The maximum absolute atomic E-state index is 13.8. The van der Waals surface area contributed by atoms with Gasteiger partial charge in [0.1, 0.15) is 11.5 Å². The molecule has 1 aliphatic heterocycles. The van der Waals surface area contributed by atoms with Crippen molar-refractivity contribution in [2.24, 2.45) is 5.92 Å². The first-order chi connectivity index (χ1) is 18.5. The molecule has 1 unspecified atom stereocenters. The molecule has 2 heterocycles. The maximum Gasteiger partial charge on any atom is 0.433 e. The van der Waals surface area contributed by atoms with Crippen molar-refractivity contribution in [1.82, 2.24) is 9.55 Å². The molecule has 10 heteroatoms. The van der Waals surface area contributed by atoms with Crippen LogP contribution in [-0.2, 0) is 20.4 Å². The Labute approximate surface area is 228 Å². The molecule has 5 rings (SSSR count). The van der Waals surface area contributed by atoms with Crippen LogP contribution >= 0.6 is 11.8 Å². The third-order valence-electron chi connectivity index (χ3n) is 7.75. The quantitative estimate of drug-likeness (QED) is 0.182. The van der Waals surface area contributed by atoms with Crippen LogP contribution in [0.5, 0.6) is 0 Å². The summed E-state index contributed by atoms with van der Waals surface area (Å²) in [6, 6.07) is 11.5. The lowest BCUT2D eigenvalue weighted by Crippen LogP contribution is -2.35. The van der Waals surface area contributed by atoms with E-state index in [9.17, 15) is 22.4 Å². The van der Waals surface area contributed by atoms with Gasteiger partial charge in [-0.1, -0.05) is 26.0 Å². The minimum absolute atomic E-state index is 0.108. The van der Waals surface area contributed by atoms with E-state index >= 15 is 0 Å². The molecular formula is C29H30F4N2O3S. The van der Waals surface area contributed by atoms with Crippen molar-refractivity contribution < 1.29 is 31.8 Å². The average molecular weight is 563 g/mol. The number of methoxy groups -OCH3 is 1. The van der Waals surface area contributed by atoms with Crippen molar-refractivity contribution >= 4 is 17.7 Å². The lowest BCUT2D eigenvalue weighted by atomic mass is 9.76. The van der Waals surface area contributed by atoms with Crippen LogP contribution in [-0.4, -0.2) is 40.1 Å². The van der Waals surface area contributed by atoms with E-state index in [1.165, 1.54) is 25.6 Å². The summed E-state index contributed by atoms with van der Waals surface area (Å²) >= 11 is 1.65. The fraction of sp³-hybridized carbons (Fsp3) is 0.448. The SMILES string of the molecule is COC(=O)C1CC[C@@]2(C[C@@H](c3cc(-n4cncc4C(F)(F)F)ccc3SC(C)C)CO2)[C@@H]1c1ccc(F)cc1. The minimum atomic E-state index is -4.54. The number of esters is 1. The summed E-state index contributed by atoms with van der Waals surface area (Å²) in [4.78, 5) is 17.5. The Morgan fingerprint density at radius 3 is 2.62 bits per heavy atom. The summed E-state index contributed by atoms with van der Waals surface area (Å²) in [5.41, 5.74) is 0.569. The molecule has 2 fully saturated rings. The van der Waals surface area contributed by atoms with Crippen molar-refractivity contribution in [2.45, 2.75) is 66.9 Å². The van der Waals surface area contributed by atoms with Crippen LogP contribution in [0.1, 0.15) is 61.8 Å². The summed E-state index contributed by atoms with van der Waals surface area (Å²) in [7, 11) is 1.36. The van der Waals surface area contributed by atoms with Crippen LogP contribution in [0.15, 0.2) is 59.9 Å². The number of ether oxygens (including phenoxy) is 2. The molecule has 0 N–H and O–H groups in total. The van der Waals surface area contributed by atoms with E-state index in [1.54, 1.807) is 36.0 Å². The number of aromatic nitrogens is 2. The molecule has 0 bridgehead atoms. The third-order valence-corrected chi connectivity index (χ3v) is 8.84. The number of benzene rings is 2. The highest BCUT2D eigenvalue weighted by atomic mass is 32.2. The minimum Gasteiger partial charge on any atom is -0.469 e. The molecule has 5 nitrogen and oxygen atoms in total. The molecule has 3 aromatic rings. The highest BCUT2D eigenvalue weighted by Crippen LogP contribution is 2.57. The van der Waals surface area contributed by atoms with E-state index < -0.39 is 23.4 Å². The zero-order valence-electron chi connectivity index (χ0n) is 21.9. The van der Waals surface area contributed by atoms with E-state index in [2.05, 4.69) is 18.8 Å². The largest absolute Gasteiger partial charge is 0.469 e. The molecule has 2 aromatic carbocycles. The van der Waals surface area contributed by atoms with Crippen LogP contribution in [0.4, 0.5) is 17.6 Å². The zero-order valence-corrected chi connectivity index (χ0v) is 22.7. The predicted octanol–water partition coefficient (Wildman–Crippen LogP) is 7.14. The lowest BCUT2D eigenvalue weighted by molar-refractivity contribution is -0.147. The van der Waals surface area contributed by atoms with E-state index in [1.807, 2.05) is 6.07 Å². The van der Waals surface area contributed by atoms with Crippen LogP contribution in [0, 0.1) is 11.7 Å². The van der Waals surface area contributed by atoms with Crippen molar-refractivity contribution in [2.75, 3.05) is 13.7 Å². The summed E-state index contributed by atoms with van der Waals surface area (Å²) in [5.74, 6) is -1.56. The van der Waals surface area contributed by atoms with Crippen molar-refractivity contribution in [3.63, 3.8) is 0 Å². The predicted molar refractivity (Wildman–Crippen MR) is 139 cm³/mol. The number of imidazole rings is 1. The van der Waals surface area contributed by atoms with Gasteiger partial charge in [-0.05, 0) is 60.7 Å². The van der Waals surface area contributed by atoms with E-state index in [0.717, 1.165) is 26.8 Å². The summed E-state index contributed by atoms with van der Waals surface area (Å²) < 4.78 is 67.4. The molecular weight excluding hydrogens is 532 g/mol. The normalized spacial score (nSPS) is 25.1. The molecule has 0 radical (unpaired) electrons. The number of carbonyl (C=O) groups is 1. The Bertz CT molecular complexity index is 1340. The summed E-state index contributed by atoms with van der Waals surface area (Å²) in [5, 5.41) is 0.256. The number of hydrogen-bond donors (Lipinski definition) is 0. The highest BCUT2D eigenvalue weighted by Gasteiger charge is 2.56. The number of alkyl halides is 3. The van der Waals surface area contributed by atoms with Crippen LogP contribution in [0.3, 0.4) is 0 Å². The van der Waals surface area contributed by atoms with Gasteiger partial charge in [0.15, 0.2) is 0 Å². The van der Waals surface area contributed by atoms with Gasteiger partial charge in [-0.25, -0.2) is 9.37 Å². The van der Waals surface area contributed by atoms with Gasteiger partial charge in [0.25, 0.3) is 0 Å². The zero-order chi connectivity index (χ0) is 27.9. The second-order valence-corrected chi connectivity index (χ2v) is 12.1. The van der Waals surface area contributed by atoms with E-state index in [0.29, 0.717) is 31.6 Å². The van der Waals surface area contributed by atoms with Crippen LogP contribution in [0.25, 0.3) is 5.69 Å². The average Bonchev–Trinajstić information content (AvgIpc) is 3.63. The van der Waals surface area contributed by atoms with E-state index in [4.69, 9.17) is 9.47 Å². The molecule has 4 atom stereocenters. The van der Waals surface area contributed by atoms with Gasteiger partial charge in [0.05, 0.1) is 37.8 Å². The van der Waals surface area contributed by atoms with Gasteiger partial charge < -0.3 is 9.47 Å². The standard InChI is InChI=1S/C29H30F4N2O3S/c1-17(2)39-24-9-8-21(35-16-34-14-25(35)29(31,32)33)12-23(24)19-13-28(38-15-19)11-10-22(27(36)37-3)26(28)18-4-6-20(30)7-5-18/h4-9,12,14,16-17,19,22,26H,10-11,13,15H2,1-3H3/t19-,22?,26-,28-/m1/s1. The second-order valence-electron chi connectivity index (χ2n) is 10.5.